The molecule has 5 fully saturated rings. The van der Waals surface area contributed by atoms with E-state index < -0.39 is 14.7 Å². The minimum Gasteiger partial charge on any atom is -0.379 e. The van der Waals surface area contributed by atoms with E-state index in [1.165, 1.54) is 0 Å². The lowest BCUT2D eigenvalue weighted by Gasteiger charge is -2.54. The summed E-state index contributed by atoms with van der Waals surface area (Å²) in [5, 5.41) is 7.00. The number of nitrogens with zero attached hydrogens (tertiary/aromatic N) is 3. The number of hydrogen-bond donors (Lipinski definition) is 1. The van der Waals surface area contributed by atoms with Gasteiger partial charge in [0, 0.05) is 43.7 Å². The number of rotatable bonds is 7. The van der Waals surface area contributed by atoms with Crippen molar-refractivity contribution in [1.82, 2.24) is 20.3 Å². The molecule has 3 aliphatic heterocycles. The van der Waals surface area contributed by atoms with Crippen LogP contribution in [0.4, 0.5) is 0 Å². The van der Waals surface area contributed by atoms with Gasteiger partial charge in [0.2, 0.25) is 0 Å². The van der Waals surface area contributed by atoms with E-state index in [0.29, 0.717) is 50.6 Å². The van der Waals surface area contributed by atoms with Crippen molar-refractivity contribution in [2.75, 3.05) is 45.6 Å². The molecule has 4 heterocycles. The maximum atomic E-state index is 13.4. The Morgan fingerprint density at radius 1 is 1.29 bits per heavy atom. The maximum absolute atomic E-state index is 13.4. The summed E-state index contributed by atoms with van der Waals surface area (Å²) in [5.74, 6) is 1.14. The summed E-state index contributed by atoms with van der Waals surface area (Å²) in [6, 6.07) is 1.86. The van der Waals surface area contributed by atoms with Gasteiger partial charge in [-0.3, -0.25) is 14.6 Å². The second-order valence-corrected chi connectivity index (χ2v) is 11.9. The Balaban J connectivity index is 1.20. The van der Waals surface area contributed by atoms with Crippen LogP contribution in [0.5, 0.6) is 0 Å². The molecule has 5 aliphatic rings. The Morgan fingerprint density at radius 3 is 2.77 bits per heavy atom. The number of carbonyl (C=O) groups excluding carboxylic acids is 1. The van der Waals surface area contributed by atoms with E-state index in [2.05, 4.69) is 15.4 Å². The molecule has 2 aliphatic carbocycles. The van der Waals surface area contributed by atoms with Gasteiger partial charge in [-0.05, 0) is 45.6 Å². The lowest BCUT2D eigenvalue weighted by Crippen LogP contribution is -2.67. The molecule has 1 N–H and O–H groups in total. The van der Waals surface area contributed by atoms with Crippen molar-refractivity contribution in [3.8, 4) is 0 Å². The van der Waals surface area contributed by atoms with E-state index in [-0.39, 0.29) is 23.7 Å². The first-order valence-electron chi connectivity index (χ1n) is 11.4. The molecule has 31 heavy (non-hydrogen) atoms. The molecular formula is C21H32N4O5S. The van der Waals surface area contributed by atoms with Gasteiger partial charge in [-0.1, -0.05) is 5.16 Å². The average molecular weight is 453 g/mol. The van der Waals surface area contributed by atoms with Crippen LogP contribution in [0.3, 0.4) is 0 Å². The van der Waals surface area contributed by atoms with Gasteiger partial charge in [0.25, 0.3) is 5.91 Å². The zero-order valence-electron chi connectivity index (χ0n) is 18.1. The highest BCUT2D eigenvalue weighted by molar-refractivity contribution is 7.92. The number of morpholine rings is 1. The summed E-state index contributed by atoms with van der Waals surface area (Å²) in [6.07, 6.45) is 4.79. The lowest BCUT2D eigenvalue weighted by atomic mass is 9.91. The molecule has 0 aromatic carbocycles. The first-order chi connectivity index (χ1) is 14.9. The zero-order valence-corrected chi connectivity index (χ0v) is 18.9. The Hall–Kier alpha value is -1.49. The molecule has 1 aromatic heterocycles. The van der Waals surface area contributed by atoms with E-state index in [0.717, 1.165) is 38.1 Å². The number of nitrogens with one attached hydrogen (secondary N) is 1. The summed E-state index contributed by atoms with van der Waals surface area (Å²) in [6.45, 7) is 3.48. The molecule has 6 rings (SSSR count). The third kappa shape index (κ3) is 4.03. The number of fused-ring (bicyclic) bond motifs is 3. The van der Waals surface area contributed by atoms with Crippen molar-refractivity contribution in [1.29, 1.82) is 0 Å². The van der Waals surface area contributed by atoms with Gasteiger partial charge in [-0.2, -0.15) is 0 Å². The molecule has 172 valence electrons. The van der Waals surface area contributed by atoms with E-state index in [1.807, 2.05) is 11.9 Å². The summed E-state index contributed by atoms with van der Waals surface area (Å²) in [5.41, 5.74) is 0.319. The van der Waals surface area contributed by atoms with Crippen molar-refractivity contribution in [3.05, 3.63) is 17.5 Å². The third-order valence-electron chi connectivity index (χ3n) is 7.62. The van der Waals surface area contributed by atoms with Crippen molar-refractivity contribution in [2.45, 2.75) is 61.4 Å². The first kappa shape index (κ1) is 21.4. The molecule has 10 heteroatoms. The number of ether oxygens (including phenoxy) is 1. The molecule has 3 atom stereocenters. The average Bonchev–Trinajstić information content (AvgIpc) is 3.55. The minimum absolute atomic E-state index is 0.0557. The largest absolute Gasteiger partial charge is 0.379 e. The number of aromatic nitrogens is 1. The summed E-state index contributed by atoms with van der Waals surface area (Å²) in [4.78, 5) is 16.1. The fraction of sp³-hybridized carbons (Fsp3) is 0.810. The van der Waals surface area contributed by atoms with Crippen LogP contribution in [0, 0.1) is 0 Å². The normalized spacial score (nSPS) is 32.3. The van der Waals surface area contributed by atoms with Crippen LogP contribution >= 0.6 is 0 Å². The highest BCUT2D eigenvalue weighted by Gasteiger charge is 2.59. The predicted molar refractivity (Wildman–Crippen MR) is 114 cm³/mol. The van der Waals surface area contributed by atoms with Gasteiger partial charge in [-0.25, -0.2) is 8.42 Å². The van der Waals surface area contributed by atoms with Gasteiger partial charge in [0.15, 0.2) is 15.5 Å². The zero-order chi connectivity index (χ0) is 21.6. The highest BCUT2D eigenvalue weighted by Crippen LogP contribution is 2.48. The van der Waals surface area contributed by atoms with E-state index in [1.54, 1.807) is 6.07 Å². The molecule has 1 amide bonds. The molecular weight excluding hydrogens is 420 g/mol. The molecule has 1 aromatic rings. The molecule has 0 radical (unpaired) electrons. The number of sulfone groups is 1. The van der Waals surface area contributed by atoms with Crippen molar-refractivity contribution < 1.29 is 22.5 Å². The Morgan fingerprint density at radius 2 is 2.06 bits per heavy atom. The first-order valence-corrected chi connectivity index (χ1v) is 13.1. The Bertz CT molecular complexity index is 924. The highest BCUT2D eigenvalue weighted by atomic mass is 32.2. The molecule has 2 saturated carbocycles. The molecule has 0 spiro atoms. The van der Waals surface area contributed by atoms with Gasteiger partial charge in [0.1, 0.15) is 10.6 Å². The second kappa shape index (κ2) is 8.13. The van der Waals surface area contributed by atoms with E-state index in [4.69, 9.17) is 9.26 Å². The standard InChI is InChI=1S/C21H32N4O5S/c1-24-17-12-16(22-20(26)18-13-19(30-23-18)15-2-3-15)4-5-21(24,14-17)31(27,28)11-8-25-6-9-29-10-7-25/h13,15-17H,2-12,14H2,1H3,(H,22,26). The van der Waals surface area contributed by atoms with Crippen LogP contribution < -0.4 is 5.32 Å². The Labute approximate surface area is 183 Å². The summed E-state index contributed by atoms with van der Waals surface area (Å²) < 4.78 is 37.4. The summed E-state index contributed by atoms with van der Waals surface area (Å²) in [7, 11) is -1.37. The maximum Gasteiger partial charge on any atom is 0.273 e. The molecule has 9 nitrogen and oxygen atoms in total. The molecule has 3 unspecified atom stereocenters. The van der Waals surface area contributed by atoms with Crippen LogP contribution in [0.2, 0.25) is 0 Å². The van der Waals surface area contributed by atoms with Crippen LogP contribution in [0.1, 0.15) is 60.7 Å². The van der Waals surface area contributed by atoms with Crippen molar-refractivity contribution in [2.24, 2.45) is 0 Å². The quantitative estimate of drug-likeness (QED) is 0.653. The second-order valence-electron chi connectivity index (χ2n) is 9.52. The van der Waals surface area contributed by atoms with Gasteiger partial charge in [0.05, 0.1) is 19.0 Å². The van der Waals surface area contributed by atoms with Crippen LogP contribution in [0.15, 0.2) is 10.6 Å². The molecule has 2 bridgehead atoms. The van der Waals surface area contributed by atoms with Crippen LogP contribution in [0.25, 0.3) is 0 Å². The van der Waals surface area contributed by atoms with Crippen LogP contribution in [-0.2, 0) is 14.6 Å². The monoisotopic (exact) mass is 452 g/mol. The van der Waals surface area contributed by atoms with Gasteiger partial charge < -0.3 is 14.6 Å². The molecule has 3 saturated heterocycles. The third-order valence-corrected chi connectivity index (χ3v) is 10.2. The lowest BCUT2D eigenvalue weighted by molar-refractivity contribution is 0.0121. The van der Waals surface area contributed by atoms with Crippen molar-refractivity contribution in [3.63, 3.8) is 0 Å². The minimum atomic E-state index is -3.29. The van der Waals surface area contributed by atoms with E-state index in [9.17, 15) is 13.2 Å². The number of hydrogen-bond acceptors (Lipinski definition) is 8. The smallest absolute Gasteiger partial charge is 0.273 e. The fourth-order valence-electron chi connectivity index (χ4n) is 5.35. The van der Waals surface area contributed by atoms with Gasteiger partial charge >= 0.3 is 0 Å². The fourth-order valence-corrected chi connectivity index (χ4v) is 7.69. The predicted octanol–water partition coefficient (Wildman–Crippen LogP) is 0.982. The Kier molecular flexibility index (Phi) is 5.60. The summed E-state index contributed by atoms with van der Waals surface area (Å²) >= 11 is 0. The van der Waals surface area contributed by atoms with E-state index >= 15 is 0 Å². The van der Waals surface area contributed by atoms with Crippen LogP contribution in [-0.4, -0.2) is 91.9 Å². The van der Waals surface area contributed by atoms with Crippen molar-refractivity contribution >= 4 is 15.7 Å². The number of carbonyl (C=O) groups is 1. The van der Waals surface area contributed by atoms with Gasteiger partial charge in [-0.15, -0.1) is 0 Å². The SMILES string of the molecule is CN1C2CC(NC(=O)c3cc(C4CC4)on3)CCC1(S(=O)(=O)CCN1CCOCC1)C2. The number of amides is 1. The topological polar surface area (TPSA) is 105 Å².